The van der Waals surface area contributed by atoms with Crippen LogP contribution < -0.4 is 14.8 Å². The molecule has 3 aromatic rings. The Morgan fingerprint density at radius 2 is 1.92 bits per heavy atom. The molecule has 0 bridgehead atoms. The van der Waals surface area contributed by atoms with Crippen molar-refractivity contribution in [2.24, 2.45) is 0 Å². The van der Waals surface area contributed by atoms with Gasteiger partial charge >= 0.3 is 0 Å². The van der Waals surface area contributed by atoms with Crippen molar-refractivity contribution >= 4 is 38.4 Å². The fourth-order valence-corrected chi connectivity index (χ4v) is 3.29. The van der Waals surface area contributed by atoms with Crippen molar-refractivity contribution in [1.82, 2.24) is 4.98 Å². The summed E-state index contributed by atoms with van der Waals surface area (Å²) in [4.78, 5) is 28.1. The molecule has 1 amide bonds. The van der Waals surface area contributed by atoms with Gasteiger partial charge in [0.2, 0.25) is 0 Å². The van der Waals surface area contributed by atoms with E-state index in [1.165, 1.54) is 11.3 Å². The van der Waals surface area contributed by atoms with E-state index in [-0.39, 0.29) is 18.3 Å². The number of ketones is 1. The van der Waals surface area contributed by atoms with Crippen molar-refractivity contribution in [3.05, 3.63) is 48.0 Å². The minimum atomic E-state index is -0.309. The molecular formula is C19H18N2O4S. The lowest BCUT2D eigenvalue weighted by molar-refractivity contribution is -0.118. The second kappa shape index (κ2) is 7.97. The minimum Gasteiger partial charge on any atom is -0.494 e. The SMILES string of the molecule is CCC(=O)c1ccc(OCC(=O)Nc2nc3c(OC)cccc3s2)cc1. The average molecular weight is 370 g/mol. The molecule has 26 heavy (non-hydrogen) atoms. The van der Waals surface area contributed by atoms with E-state index in [2.05, 4.69) is 10.3 Å². The molecule has 7 heteroatoms. The number of Topliss-reactive ketones (excluding diaryl/α,β-unsaturated/α-hetero) is 1. The van der Waals surface area contributed by atoms with Gasteiger partial charge in [0.1, 0.15) is 17.0 Å². The lowest BCUT2D eigenvalue weighted by Gasteiger charge is -2.06. The van der Waals surface area contributed by atoms with E-state index in [4.69, 9.17) is 9.47 Å². The van der Waals surface area contributed by atoms with Gasteiger partial charge in [-0.25, -0.2) is 4.98 Å². The number of amides is 1. The molecule has 2 aromatic carbocycles. The number of anilines is 1. The molecule has 0 atom stereocenters. The first kappa shape index (κ1) is 17.9. The fourth-order valence-electron chi connectivity index (χ4n) is 2.39. The Morgan fingerprint density at radius 3 is 2.62 bits per heavy atom. The van der Waals surface area contributed by atoms with Crippen molar-refractivity contribution in [1.29, 1.82) is 0 Å². The van der Waals surface area contributed by atoms with Crippen molar-refractivity contribution in [3.63, 3.8) is 0 Å². The van der Waals surface area contributed by atoms with Gasteiger partial charge in [0.15, 0.2) is 17.5 Å². The second-order valence-electron chi connectivity index (χ2n) is 5.46. The molecule has 0 spiro atoms. The highest BCUT2D eigenvalue weighted by molar-refractivity contribution is 7.22. The molecule has 0 radical (unpaired) electrons. The zero-order chi connectivity index (χ0) is 18.5. The van der Waals surface area contributed by atoms with E-state index in [1.54, 1.807) is 31.4 Å². The number of nitrogens with one attached hydrogen (secondary N) is 1. The maximum Gasteiger partial charge on any atom is 0.264 e. The highest BCUT2D eigenvalue weighted by Crippen LogP contribution is 2.32. The fraction of sp³-hybridized carbons (Fsp3) is 0.211. The molecule has 1 aromatic heterocycles. The number of benzene rings is 2. The van der Waals surface area contributed by atoms with Gasteiger partial charge in [0.05, 0.1) is 11.8 Å². The summed E-state index contributed by atoms with van der Waals surface area (Å²) in [5, 5.41) is 3.21. The number of hydrogen-bond acceptors (Lipinski definition) is 6. The Hall–Kier alpha value is -2.93. The summed E-state index contributed by atoms with van der Waals surface area (Å²) >= 11 is 1.37. The minimum absolute atomic E-state index is 0.0700. The first-order chi connectivity index (χ1) is 12.6. The molecule has 1 N–H and O–H groups in total. The van der Waals surface area contributed by atoms with Gasteiger partial charge in [-0.15, -0.1) is 0 Å². The summed E-state index contributed by atoms with van der Waals surface area (Å²) in [6.45, 7) is 1.67. The number of fused-ring (bicyclic) bond motifs is 1. The van der Waals surface area contributed by atoms with Crippen LogP contribution >= 0.6 is 11.3 Å². The van der Waals surface area contributed by atoms with Gasteiger partial charge in [-0.2, -0.15) is 0 Å². The van der Waals surface area contributed by atoms with Crippen LogP contribution in [-0.2, 0) is 4.79 Å². The molecule has 0 saturated carbocycles. The van der Waals surface area contributed by atoms with Crippen LogP contribution in [0.4, 0.5) is 5.13 Å². The number of thiazole rings is 1. The molecule has 0 aliphatic rings. The Balaban J connectivity index is 1.60. The van der Waals surface area contributed by atoms with Crippen molar-refractivity contribution < 1.29 is 19.1 Å². The lowest BCUT2D eigenvalue weighted by Crippen LogP contribution is -2.20. The Morgan fingerprint density at radius 1 is 1.15 bits per heavy atom. The third-order valence-electron chi connectivity index (χ3n) is 3.72. The zero-order valence-electron chi connectivity index (χ0n) is 14.4. The highest BCUT2D eigenvalue weighted by atomic mass is 32.1. The molecule has 0 aliphatic heterocycles. The van der Waals surface area contributed by atoms with Crippen LogP contribution in [0.3, 0.4) is 0 Å². The van der Waals surface area contributed by atoms with Gasteiger partial charge in [0.25, 0.3) is 5.91 Å². The number of nitrogens with zero attached hydrogens (tertiary/aromatic N) is 1. The van der Waals surface area contributed by atoms with E-state index >= 15 is 0 Å². The lowest BCUT2D eigenvalue weighted by atomic mass is 10.1. The topological polar surface area (TPSA) is 77.5 Å². The van der Waals surface area contributed by atoms with Gasteiger partial charge in [0, 0.05) is 12.0 Å². The van der Waals surface area contributed by atoms with E-state index in [0.29, 0.717) is 34.1 Å². The number of para-hydroxylation sites is 1. The monoisotopic (exact) mass is 370 g/mol. The van der Waals surface area contributed by atoms with Crippen LogP contribution in [0.1, 0.15) is 23.7 Å². The smallest absolute Gasteiger partial charge is 0.264 e. The maximum atomic E-state index is 12.1. The number of methoxy groups -OCH3 is 1. The predicted molar refractivity (Wildman–Crippen MR) is 101 cm³/mol. The van der Waals surface area contributed by atoms with Crippen LogP contribution in [0, 0.1) is 0 Å². The summed E-state index contributed by atoms with van der Waals surface area (Å²) < 4.78 is 11.7. The quantitative estimate of drug-likeness (QED) is 0.638. The third-order valence-corrected chi connectivity index (χ3v) is 4.65. The molecule has 0 aliphatic carbocycles. The molecule has 0 unspecified atom stereocenters. The summed E-state index contributed by atoms with van der Waals surface area (Å²) in [7, 11) is 1.58. The highest BCUT2D eigenvalue weighted by Gasteiger charge is 2.11. The summed E-state index contributed by atoms with van der Waals surface area (Å²) in [5.74, 6) is 0.952. The molecule has 134 valence electrons. The molecule has 6 nitrogen and oxygen atoms in total. The van der Waals surface area contributed by atoms with Gasteiger partial charge in [-0.3, -0.25) is 14.9 Å². The van der Waals surface area contributed by atoms with Crippen molar-refractivity contribution in [3.8, 4) is 11.5 Å². The van der Waals surface area contributed by atoms with Crippen molar-refractivity contribution in [2.45, 2.75) is 13.3 Å². The number of rotatable bonds is 7. The second-order valence-corrected chi connectivity index (χ2v) is 6.49. The van der Waals surface area contributed by atoms with Crippen LogP contribution in [0.5, 0.6) is 11.5 Å². The summed E-state index contributed by atoms with van der Waals surface area (Å²) in [6.07, 6.45) is 0.454. The largest absolute Gasteiger partial charge is 0.494 e. The number of hydrogen-bond donors (Lipinski definition) is 1. The predicted octanol–water partition coefficient (Wildman–Crippen LogP) is 3.92. The van der Waals surface area contributed by atoms with E-state index in [0.717, 1.165) is 4.70 Å². The number of ether oxygens (including phenoxy) is 2. The van der Waals surface area contributed by atoms with Crippen molar-refractivity contribution in [2.75, 3.05) is 19.0 Å². The van der Waals surface area contributed by atoms with Gasteiger partial charge in [-0.1, -0.05) is 24.3 Å². The number of aromatic nitrogens is 1. The standard InChI is InChI=1S/C19H18N2O4S/c1-3-14(22)12-7-9-13(10-8-12)25-11-17(23)20-19-21-18-15(24-2)5-4-6-16(18)26-19/h4-10H,3,11H2,1-2H3,(H,20,21,23). The Kier molecular flexibility index (Phi) is 5.48. The third kappa shape index (κ3) is 4.00. The molecule has 1 heterocycles. The number of carbonyl (C=O) groups is 2. The first-order valence-electron chi connectivity index (χ1n) is 8.10. The molecular weight excluding hydrogens is 352 g/mol. The van der Waals surface area contributed by atoms with Gasteiger partial charge < -0.3 is 9.47 Å². The van der Waals surface area contributed by atoms with Gasteiger partial charge in [-0.05, 0) is 36.4 Å². The van der Waals surface area contributed by atoms with Crippen LogP contribution in [0.2, 0.25) is 0 Å². The number of carbonyl (C=O) groups excluding carboxylic acids is 2. The van der Waals surface area contributed by atoms with Crippen LogP contribution in [-0.4, -0.2) is 30.4 Å². The van der Waals surface area contributed by atoms with E-state index < -0.39 is 0 Å². The normalized spacial score (nSPS) is 10.5. The molecule has 0 fully saturated rings. The summed E-state index contributed by atoms with van der Waals surface area (Å²) in [5.41, 5.74) is 1.35. The van der Waals surface area contributed by atoms with E-state index in [1.807, 2.05) is 25.1 Å². The Labute approximate surface area is 154 Å². The zero-order valence-corrected chi connectivity index (χ0v) is 15.3. The Bertz CT molecular complexity index is 934. The average Bonchev–Trinajstić information content (AvgIpc) is 3.08. The first-order valence-corrected chi connectivity index (χ1v) is 8.91. The molecule has 3 rings (SSSR count). The van der Waals surface area contributed by atoms with Crippen LogP contribution in [0.15, 0.2) is 42.5 Å². The van der Waals surface area contributed by atoms with E-state index in [9.17, 15) is 9.59 Å². The molecule has 0 saturated heterocycles. The van der Waals surface area contributed by atoms with Crippen LogP contribution in [0.25, 0.3) is 10.2 Å². The maximum absolute atomic E-state index is 12.1. The summed E-state index contributed by atoms with van der Waals surface area (Å²) in [6, 6.07) is 12.4.